The zero-order valence-electron chi connectivity index (χ0n) is 8.96. The largest absolute Gasteiger partial charge is 0.508 e. The first kappa shape index (κ1) is 9.90. The van der Waals surface area contributed by atoms with E-state index < -0.39 is 0 Å². The summed E-state index contributed by atoms with van der Waals surface area (Å²) in [5.74, 6) is 1.02. The number of carbonyl (C=O) groups excluding carboxylic acids is 1. The van der Waals surface area contributed by atoms with E-state index in [0.29, 0.717) is 11.5 Å². The molecule has 3 heteroatoms. The van der Waals surface area contributed by atoms with Crippen molar-refractivity contribution in [3.05, 3.63) is 53.6 Å². The summed E-state index contributed by atoms with van der Waals surface area (Å²) in [5, 5.41) is 9.43. The van der Waals surface area contributed by atoms with Crippen molar-refractivity contribution in [2.45, 2.75) is 5.92 Å². The second-order valence-corrected chi connectivity index (χ2v) is 3.98. The second kappa shape index (κ2) is 3.63. The van der Waals surface area contributed by atoms with Gasteiger partial charge in [0.15, 0.2) is 0 Å². The van der Waals surface area contributed by atoms with E-state index in [1.54, 1.807) is 12.1 Å². The summed E-state index contributed by atoms with van der Waals surface area (Å²) in [6, 6.07) is 12.2. The molecule has 1 atom stereocenters. The van der Waals surface area contributed by atoms with Gasteiger partial charge >= 0.3 is 0 Å². The predicted octanol–water partition coefficient (Wildman–Crippen LogP) is 2.83. The number of fused-ring (bicyclic) bond motifs is 2. The van der Waals surface area contributed by atoms with Crippen LogP contribution in [-0.4, -0.2) is 11.4 Å². The molecule has 0 saturated carbocycles. The number of hydrogen-bond donors (Lipinski definition) is 1. The van der Waals surface area contributed by atoms with Gasteiger partial charge in [0.25, 0.3) is 0 Å². The van der Waals surface area contributed by atoms with E-state index >= 15 is 0 Å². The molecule has 0 amide bonds. The lowest BCUT2D eigenvalue weighted by molar-refractivity contribution is -0.108. The smallest absolute Gasteiger partial charge is 0.135 e. The SMILES string of the molecule is O=CC1c2ccccc2Oc2cc(O)ccc21. The highest BCUT2D eigenvalue weighted by Gasteiger charge is 2.26. The fourth-order valence-corrected chi connectivity index (χ4v) is 2.13. The summed E-state index contributed by atoms with van der Waals surface area (Å²) < 4.78 is 5.67. The van der Waals surface area contributed by atoms with Crippen molar-refractivity contribution in [2.24, 2.45) is 0 Å². The zero-order valence-corrected chi connectivity index (χ0v) is 8.96. The molecular weight excluding hydrogens is 216 g/mol. The van der Waals surface area contributed by atoms with E-state index in [2.05, 4.69) is 0 Å². The molecule has 3 rings (SSSR count). The molecule has 1 N–H and O–H groups in total. The number of phenols is 1. The molecule has 1 heterocycles. The molecule has 3 nitrogen and oxygen atoms in total. The third-order valence-electron chi connectivity index (χ3n) is 2.94. The number of phenolic OH excluding ortho intramolecular Hbond substituents is 1. The molecule has 0 saturated heterocycles. The number of rotatable bonds is 1. The molecule has 0 spiro atoms. The van der Waals surface area contributed by atoms with Gasteiger partial charge in [0.05, 0.1) is 5.92 Å². The van der Waals surface area contributed by atoms with Crippen LogP contribution in [0.3, 0.4) is 0 Å². The molecular formula is C14H10O3. The van der Waals surface area contributed by atoms with E-state index in [0.717, 1.165) is 17.4 Å². The number of ether oxygens (including phenoxy) is 1. The van der Waals surface area contributed by atoms with Gasteiger partial charge in [-0.3, -0.25) is 0 Å². The summed E-state index contributed by atoms with van der Waals surface area (Å²) in [6.45, 7) is 0. The third-order valence-corrected chi connectivity index (χ3v) is 2.94. The van der Waals surface area contributed by atoms with Gasteiger partial charge in [0.1, 0.15) is 23.5 Å². The van der Waals surface area contributed by atoms with Crippen LogP contribution in [0, 0.1) is 0 Å². The Morgan fingerprint density at radius 2 is 1.82 bits per heavy atom. The predicted molar refractivity (Wildman–Crippen MR) is 62.5 cm³/mol. The van der Waals surface area contributed by atoms with Crippen LogP contribution in [0.1, 0.15) is 17.0 Å². The molecule has 1 aliphatic heterocycles. The van der Waals surface area contributed by atoms with Crippen molar-refractivity contribution in [2.75, 3.05) is 0 Å². The van der Waals surface area contributed by atoms with E-state index in [1.807, 2.05) is 24.3 Å². The van der Waals surface area contributed by atoms with Crippen molar-refractivity contribution in [3.8, 4) is 17.2 Å². The van der Waals surface area contributed by atoms with Crippen LogP contribution >= 0.6 is 0 Å². The minimum Gasteiger partial charge on any atom is -0.508 e. The van der Waals surface area contributed by atoms with Crippen LogP contribution in [-0.2, 0) is 4.79 Å². The van der Waals surface area contributed by atoms with Gasteiger partial charge in [-0.1, -0.05) is 24.3 Å². The number of carbonyl (C=O) groups is 1. The Balaban J connectivity index is 2.22. The number of aldehydes is 1. The normalized spacial score (nSPS) is 16.6. The maximum Gasteiger partial charge on any atom is 0.135 e. The van der Waals surface area contributed by atoms with E-state index in [1.165, 1.54) is 6.07 Å². The van der Waals surface area contributed by atoms with Gasteiger partial charge in [-0.2, -0.15) is 0 Å². The topological polar surface area (TPSA) is 46.5 Å². The molecule has 2 aromatic carbocycles. The molecule has 84 valence electrons. The van der Waals surface area contributed by atoms with E-state index in [4.69, 9.17) is 4.74 Å². The Morgan fingerprint density at radius 1 is 1.06 bits per heavy atom. The van der Waals surface area contributed by atoms with Crippen molar-refractivity contribution in [1.29, 1.82) is 0 Å². The molecule has 1 aliphatic rings. The lowest BCUT2D eigenvalue weighted by Gasteiger charge is -2.24. The van der Waals surface area contributed by atoms with Crippen molar-refractivity contribution in [3.63, 3.8) is 0 Å². The summed E-state index contributed by atoms with van der Waals surface area (Å²) >= 11 is 0. The minimum atomic E-state index is -0.324. The maximum atomic E-state index is 11.3. The standard InChI is InChI=1S/C14H10O3/c15-8-12-10-3-1-2-4-13(10)17-14-7-9(16)5-6-11(12)14/h1-8,12,16H. The highest BCUT2D eigenvalue weighted by molar-refractivity contribution is 5.74. The average Bonchev–Trinajstić information content (AvgIpc) is 2.35. The summed E-state index contributed by atoms with van der Waals surface area (Å²) in [6.07, 6.45) is 0.900. The number of aromatic hydroxyl groups is 1. The molecule has 0 aliphatic carbocycles. The quantitative estimate of drug-likeness (QED) is 0.760. The fraction of sp³-hybridized carbons (Fsp3) is 0.0714. The number of para-hydroxylation sites is 1. The second-order valence-electron chi connectivity index (χ2n) is 3.98. The molecule has 0 fully saturated rings. The fourth-order valence-electron chi connectivity index (χ4n) is 2.13. The summed E-state index contributed by atoms with van der Waals surface area (Å²) in [7, 11) is 0. The Kier molecular flexibility index (Phi) is 2.11. The van der Waals surface area contributed by atoms with E-state index in [-0.39, 0.29) is 11.7 Å². The van der Waals surface area contributed by atoms with Crippen LogP contribution in [0.4, 0.5) is 0 Å². The molecule has 17 heavy (non-hydrogen) atoms. The molecule has 0 radical (unpaired) electrons. The third kappa shape index (κ3) is 1.47. The highest BCUT2D eigenvalue weighted by atomic mass is 16.5. The molecule has 0 bridgehead atoms. The van der Waals surface area contributed by atoms with Gasteiger partial charge in [0.2, 0.25) is 0 Å². The lowest BCUT2D eigenvalue weighted by Crippen LogP contribution is -2.10. The van der Waals surface area contributed by atoms with Crippen molar-refractivity contribution in [1.82, 2.24) is 0 Å². The lowest BCUT2D eigenvalue weighted by atomic mass is 9.89. The van der Waals surface area contributed by atoms with Crippen LogP contribution < -0.4 is 4.74 Å². The van der Waals surface area contributed by atoms with Crippen LogP contribution in [0.15, 0.2) is 42.5 Å². The Bertz CT molecular complexity index is 590. The van der Waals surface area contributed by atoms with Gasteiger partial charge in [-0.05, 0) is 12.1 Å². The molecule has 0 aromatic heterocycles. The number of benzene rings is 2. The molecule has 2 aromatic rings. The summed E-state index contributed by atoms with van der Waals surface area (Å²) in [5.41, 5.74) is 1.65. The number of hydrogen-bond acceptors (Lipinski definition) is 3. The van der Waals surface area contributed by atoms with Gasteiger partial charge in [-0.15, -0.1) is 0 Å². The summed E-state index contributed by atoms with van der Waals surface area (Å²) in [4.78, 5) is 11.3. The zero-order chi connectivity index (χ0) is 11.8. The van der Waals surface area contributed by atoms with Crippen molar-refractivity contribution < 1.29 is 14.6 Å². The Labute approximate surface area is 98.3 Å². The Hall–Kier alpha value is -2.29. The van der Waals surface area contributed by atoms with Gasteiger partial charge in [0, 0.05) is 17.2 Å². The first-order chi connectivity index (χ1) is 8.29. The monoisotopic (exact) mass is 226 g/mol. The van der Waals surface area contributed by atoms with Crippen LogP contribution in [0.2, 0.25) is 0 Å². The molecule has 1 unspecified atom stereocenters. The first-order valence-corrected chi connectivity index (χ1v) is 5.34. The maximum absolute atomic E-state index is 11.3. The minimum absolute atomic E-state index is 0.132. The van der Waals surface area contributed by atoms with Gasteiger partial charge < -0.3 is 14.6 Å². The van der Waals surface area contributed by atoms with Crippen molar-refractivity contribution >= 4 is 6.29 Å². The van der Waals surface area contributed by atoms with E-state index in [9.17, 15) is 9.90 Å². The van der Waals surface area contributed by atoms with Gasteiger partial charge in [-0.25, -0.2) is 0 Å². The first-order valence-electron chi connectivity index (χ1n) is 5.34. The van der Waals surface area contributed by atoms with Crippen LogP contribution in [0.25, 0.3) is 0 Å². The van der Waals surface area contributed by atoms with Crippen LogP contribution in [0.5, 0.6) is 17.2 Å². The highest BCUT2D eigenvalue weighted by Crippen LogP contribution is 2.43. The Morgan fingerprint density at radius 3 is 2.65 bits per heavy atom. The average molecular weight is 226 g/mol.